The zero-order valence-electron chi connectivity index (χ0n) is 13.6. The molecule has 1 amide bonds. The Hall–Kier alpha value is -2.25. The van der Waals surface area contributed by atoms with Gasteiger partial charge in [0.15, 0.2) is 0 Å². The van der Waals surface area contributed by atoms with Crippen molar-refractivity contribution in [3.8, 4) is 0 Å². The fourth-order valence-corrected chi connectivity index (χ4v) is 2.94. The average Bonchev–Trinajstić information content (AvgIpc) is 2.57. The Labute approximate surface area is 142 Å². The fraction of sp³-hybridized carbons (Fsp3) is 0.294. The van der Waals surface area contributed by atoms with E-state index >= 15 is 0 Å². The lowest BCUT2D eigenvalue weighted by atomic mass is 10.1. The van der Waals surface area contributed by atoms with Gasteiger partial charge in [0.25, 0.3) is 0 Å². The number of sulfonamides is 1. The molecule has 0 fully saturated rings. The molecule has 2 rings (SSSR count). The number of aromatic nitrogens is 1. The summed E-state index contributed by atoms with van der Waals surface area (Å²) in [5.41, 5.74) is 1.75. The average molecular weight is 347 g/mol. The van der Waals surface area contributed by atoms with Crippen LogP contribution < -0.4 is 5.32 Å². The second-order valence-electron chi connectivity index (χ2n) is 5.43. The van der Waals surface area contributed by atoms with E-state index in [1.807, 2.05) is 36.4 Å². The lowest BCUT2D eigenvalue weighted by molar-refractivity contribution is -0.121. The molecule has 0 atom stereocenters. The van der Waals surface area contributed by atoms with Gasteiger partial charge in [-0.1, -0.05) is 36.4 Å². The molecular formula is C17H21N3O3S. The minimum atomic E-state index is -3.46. The summed E-state index contributed by atoms with van der Waals surface area (Å²) < 4.78 is 25.0. The van der Waals surface area contributed by atoms with Crippen LogP contribution in [0.1, 0.15) is 11.3 Å². The van der Waals surface area contributed by atoms with Crippen molar-refractivity contribution in [3.05, 3.63) is 66.0 Å². The largest absolute Gasteiger partial charge is 0.349 e. The molecule has 0 radical (unpaired) electrons. The number of hydrogen-bond donors (Lipinski definition) is 1. The van der Waals surface area contributed by atoms with Gasteiger partial charge in [-0.15, -0.1) is 0 Å². The topological polar surface area (TPSA) is 79.4 Å². The van der Waals surface area contributed by atoms with Crippen molar-refractivity contribution in [2.24, 2.45) is 0 Å². The number of carbonyl (C=O) groups excluding carboxylic acids is 1. The van der Waals surface area contributed by atoms with Gasteiger partial charge in [-0.3, -0.25) is 9.78 Å². The Bertz CT molecular complexity index is 749. The minimum Gasteiger partial charge on any atom is -0.349 e. The summed E-state index contributed by atoms with van der Waals surface area (Å²) in [5.74, 6) is -0.348. The van der Waals surface area contributed by atoms with Gasteiger partial charge in [0.05, 0.1) is 25.0 Å². The third kappa shape index (κ3) is 6.10. The highest BCUT2D eigenvalue weighted by atomic mass is 32.2. The summed E-state index contributed by atoms with van der Waals surface area (Å²) in [4.78, 5) is 16.1. The van der Waals surface area contributed by atoms with Crippen molar-refractivity contribution in [2.45, 2.75) is 13.0 Å². The molecule has 1 N–H and O–H groups in total. The first-order valence-electron chi connectivity index (χ1n) is 7.61. The molecule has 1 aromatic carbocycles. The van der Waals surface area contributed by atoms with E-state index in [0.717, 1.165) is 17.5 Å². The summed E-state index contributed by atoms with van der Waals surface area (Å²) >= 11 is 0. The molecule has 2 aromatic rings. The Morgan fingerprint density at radius 2 is 1.83 bits per heavy atom. The van der Waals surface area contributed by atoms with Crippen LogP contribution in [0.15, 0.2) is 54.7 Å². The third-order valence-corrected chi connectivity index (χ3v) is 4.72. The van der Waals surface area contributed by atoms with Gasteiger partial charge in [0.2, 0.25) is 15.9 Å². The Morgan fingerprint density at radius 1 is 1.12 bits per heavy atom. The molecule has 7 heteroatoms. The zero-order valence-corrected chi connectivity index (χ0v) is 14.4. The zero-order chi connectivity index (χ0) is 17.4. The SMILES string of the molecule is CS(=O)(=O)N(CCc1ccccc1)CC(=O)NCc1ccccn1. The number of hydrogen-bond acceptors (Lipinski definition) is 4. The lowest BCUT2D eigenvalue weighted by Crippen LogP contribution is -2.41. The molecular weight excluding hydrogens is 326 g/mol. The van der Waals surface area contributed by atoms with E-state index in [4.69, 9.17) is 0 Å². The van der Waals surface area contributed by atoms with Crippen molar-refractivity contribution in [2.75, 3.05) is 19.3 Å². The molecule has 0 saturated heterocycles. The number of carbonyl (C=O) groups is 1. The maximum absolute atomic E-state index is 12.0. The molecule has 0 unspecified atom stereocenters. The molecule has 0 bridgehead atoms. The van der Waals surface area contributed by atoms with Crippen LogP contribution in [0.25, 0.3) is 0 Å². The number of nitrogens with one attached hydrogen (secondary N) is 1. The van der Waals surface area contributed by atoms with Gasteiger partial charge in [-0.05, 0) is 24.1 Å². The van der Waals surface area contributed by atoms with Gasteiger partial charge in [0.1, 0.15) is 0 Å². The van der Waals surface area contributed by atoms with Crippen LogP contribution in [0.3, 0.4) is 0 Å². The van der Waals surface area contributed by atoms with E-state index in [2.05, 4.69) is 10.3 Å². The number of rotatable bonds is 8. The second-order valence-corrected chi connectivity index (χ2v) is 7.41. The molecule has 6 nitrogen and oxygen atoms in total. The Kier molecular flexibility index (Phi) is 6.45. The number of pyridine rings is 1. The molecule has 0 spiro atoms. The van der Waals surface area contributed by atoms with Gasteiger partial charge < -0.3 is 5.32 Å². The highest BCUT2D eigenvalue weighted by Crippen LogP contribution is 2.04. The maximum atomic E-state index is 12.0. The number of nitrogens with zero attached hydrogens (tertiary/aromatic N) is 2. The predicted molar refractivity (Wildman–Crippen MR) is 92.6 cm³/mol. The Balaban J connectivity index is 1.90. The molecule has 0 aliphatic heterocycles. The predicted octanol–water partition coefficient (Wildman–Crippen LogP) is 1.20. The number of amides is 1. The summed E-state index contributed by atoms with van der Waals surface area (Å²) in [5, 5.41) is 2.69. The molecule has 0 saturated carbocycles. The van der Waals surface area contributed by atoms with Crippen LogP contribution in [0.5, 0.6) is 0 Å². The molecule has 1 heterocycles. The highest BCUT2D eigenvalue weighted by Gasteiger charge is 2.19. The van der Waals surface area contributed by atoms with Crippen molar-refractivity contribution < 1.29 is 13.2 Å². The van der Waals surface area contributed by atoms with E-state index in [1.165, 1.54) is 4.31 Å². The Morgan fingerprint density at radius 3 is 2.46 bits per heavy atom. The normalized spacial score (nSPS) is 11.4. The van der Waals surface area contributed by atoms with Gasteiger partial charge in [-0.2, -0.15) is 4.31 Å². The first-order chi connectivity index (χ1) is 11.4. The third-order valence-electron chi connectivity index (χ3n) is 3.47. The van der Waals surface area contributed by atoms with Crippen LogP contribution >= 0.6 is 0 Å². The van der Waals surface area contributed by atoms with Crippen LogP contribution in [0.2, 0.25) is 0 Å². The molecule has 0 aliphatic rings. The van der Waals surface area contributed by atoms with Gasteiger partial charge >= 0.3 is 0 Å². The highest BCUT2D eigenvalue weighted by molar-refractivity contribution is 7.88. The van der Waals surface area contributed by atoms with E-state index in [9.17, 15) is 13.2 Å². The molecule has 128 valence electrons. The lowest BCUT2D eigenvalue weighted by Gasteiger charge is -2.19. The van der Waals surface area contributed by atoms with Crippen molar-refractivity contribution in [1.29, 1.82) is 0 Å². The monoisotopic (exact) mass is 347 g/mol. The number of benzene rings is 1. The smallest absolute Gasteiger partial charge is 0.235 e. The fourth-order valence-electron chi connectivity index (χ4n) is 2.17. The van der Waals surface area contributed by atoms with Gasteiger partial charge in [0, 0.05) is 12.7 Å². The minimum absolute atomic E-state index is 0.196. The standard InChI is InChI=1S/C17H21N3O3S/c1-24(22,23)20(12-10-15-7-3-2-4-8-15)14-17(21)19-13-16-9-5-6-11-18-16/h2-9,11H,10,12-14H2,1H3,(H,19,21). The van der Waals surface area contributed by atoms with Crippen LogP contribution in [-0.4, -0.2) is 43.0 Å². The quantitative estimate of drug-likeness (QED) is 0.778. The van der Waals surface area contributed by atoms with Crippen LogP contribution in [0.4, 0.5) is 0 Å². The molecule has 1 aromatic heterocycles. The maximum Gasteiger partial charge on any atom is 0.235 e. The van der Waals surface area contributed by atoms with E-state index in [0.29, 0.717) is 6.42 Å². The van der Waals surface area contributed by atoms with Crippen molar-refractivity contribution in [1.82, 2.24) is 14.6 Å². The van der Waals surface area contributed by atoms with Crippen LogP contribution in [-0.2, 0) is 27.8 Å². The first kappa shape index (κ1) is 18.1. The molecule has 24 heavy (non-hydrogen) atoms. The van der Waals surface area contributed by atoms with Crippen molar-refractivity contribution >= 4 is 15.9 Å². The summed E-state index contributed by atoms with van der Waals surface area (Å²) in [6.45, 7) is 0.342. The van der Waals surface area contributed by atoms with Crippen molar-refractivity contribution in [3.63, 3.8) is 0 Å². The summed E-state index contributed by atoms with van der Waals surface area (Å²) in [7, 11) is -3.46. The summed E-state index contributed by atoms with van der Waals surface area (Å²) in [6.07, 6.45) is 3.32. The van der Waals surface area contributed by atoms with E-state index in [-0.39, 0.29) is 25.5 Å². The first-order valence-corrected chi connectivity index (χ1v) is 9.45. The molecule has 0 aliphatic carbocycles. The van der Waals surface area contributed by atoms with E-state index < -0.39 is 10.0 Å². The second kappa shape index (κ2) is 8.56. The summed E-state index contributed by atoms with van der Waals surface area (Å²) in [6, 6.07) is 15.0. The van der Waals surface area contributed by atoms with E-state index in [1.54, 1.807) is 18.3 Å². The van der Waals surface area contributed by atoms with Gasteiger partial charge in [-0.25, -0.2) is 8.42 Å². The van der Waals surface area contributed by atoms with Crippen LogP contribution in [0, 0.1) is 0 Å².